The van der Waals surface area contributed by atoms with Gasteiger partial charge >= 0.3 is 0 Å². The topological polar surface area (TPSA) is 73.6 Å². The molecule has 0 radical (unpaired) electrons. The van der Waals surface area contributed by atoms with Crippen LogP contribution in [0.2, 0.25) is 0 Å². The molecule has 1 aromatic rings. The van der Waals surface area contributed by atoms with Gasteiger partial charge in [-0.2, -0.15) is 0 Å². The summed E-state index contributed by atoms with van der Waals surface area (Å²) in [6.07, 6.45) is 2.58. The van der Waals surface area contributed by atoms with E-state index in [1.165, 1.54) is 0 Å². The fourth-order valence-corrected chi connectivity index (χ4v) is 2.32. The second-order valence-corrected chi connectivity index (χ2v) is 5.10. The smallest absolute Gasteiger partial charge is 0.224 e. The second kappa shape index (κ2) is 6.61. The van der Waals surface area contributed by atoms with Crippen molar-refractivity contribution in [2.45, 2.75) is 25.3 Å². The van der Waals surface area contributed by atoms with E-state index >= 15 is 0 Å². The monoisotopic (exact) mass is 278 g/mol. The number of rotatable bonds is 7. The van der Waals surface area contributed by atoms with E-state index in [2.05, 4.69) is 5.32 Å². The van der Waals surface area contributed by atoms with Crippen LogP contribution in [0.5, 0.6) is 11.5 Å². The maximum Gasteiger partial charge on any atom is 0.224 e. The molecular weight excluding hydrogens is 256 g/mol. The minimum atomic E-state index is -0.0288. The molecule has 1 aromatic carbocycles. The van der Waals surface area contributed by atoms with Crippen LogP contribution in [0, 0.1) is 5.92 Å². The third-order valence-corrected chi connectivity index (χ3v) is 3.63. The van der Waals surface area contributed by atoms with Gasteiger partial charge < -0.3 is 20.5 Å². The molecule has 1 fully saturated rings. The maximum absolute atomic E-state index is 12.1. The zero-order valence-electron chi connectivity index (χ0n) is 12.0. The molecule has 5 heteroatoms. The third kappa shape index (κ3) is 3.63. The second-order valence-electron chi connectivity index (χ2n) is 5.10. The molecular formula is C15H22N2O3. The highest BCUT2D eigenvalue weighted by Gasteiger charge is 2.31. The normalized spacial score (nSPS) is 15.6. The van der Waals surface area contributed by atoms with E-state index in [1.54, 1.807) is 14.2 Å². The molecule has 5 nitrogen and oxygen atoms in total. The summed E-state index contributed by atoms with van der Waals surface area (Å²) in [5, 5.41) is 3.01. The Morgan fingerprint density at radius 2 is 2.15 bits per heavy atom. The van der Waals surface area contributed by atoms with Crippen LogP contribution in [0.1, 0.15) is 18.4 Å². The van der Waals surface area contributed by atoms with Crippen LogP contribution in [0.15, 0.2) is 18.2 Å². The lowest BCUT2D eigenvalue weighted by atomic mass is 10.1. The first-order valence-electron chi connectivity index (χ1n) is 6.88. The lowest BCUT2D eigenvalue weighted by molar-refractivity contribution is -0.121. The van der Waals surface area contributed by atoms with E-state index in [1.807, 2.05) is 18.2 Å². The number of amides is 1. The van der Waals surface area contributed by atoms with Crippen molar-refractivity contribution >= 4 is 5.91 Å². The van der Waals surface area contributed by atoms with Crippen LogP contribution in [0.3, 0.4) is 0 Å². The first-order chi connectivity index (χ1) is 9.67. The molecule has 3 N–H and O–H groups in total. The molecule has 110 valence electrons. The van der Waals surface area contributed by atoms with Gasteiger partial charge in [0.2, 0.25) is 5.91 Å². The van der Waals surface area contributed by atoms with E-state index in [0.717, 1.165) is 18.4 Å². The SMILES string of the molecule is COc1ccc(OC)c(CC(=O)NC(CN)C2CC2)c1. The zero-order chi connectivity index (χ0) is 14.5. The number of benzene rings is 1. The predicted octanol–water partition coefficient (Wildman–Crippen LogP) is 1.10. The number of nitrogens with two attached hydrogens (primary N) is 1. The number of carbonyl (C=O) groups excluding carboxylic acids is 1. The molecule has 0 saturated heterocycles. The first kappa shape index (κ1) is 14.7. The van der Waals surface area contributed by atoms with E-state index in [9.17, 15) is 4.79 Å². The number of hydrogen-bond donors (Lipinski definition) is 2. The Hall–Kier alpha value is -1.75. The standard InChI is InChI=1S/C15H22N2O3/c1-19-12-5-6-14(20-2)11(7-12)8-15(18)17-13(9-16)10-3-4-10/h5-7,10,13H,3-4,8-9,16H2,1-2H3,(H,17,18). The molecule has 1 aliphatic carbocycles. The molecule has 1 amide bonds. The highest BCUT2D eigenvalue weighted by atomic mass is 16.5. The molecule has 1 unspecified atom stereocenters. The molecule has 2 rings (SSSR count). The van der Waals surface area contributed by atoms with Crippen molar-refractivity contribution in [3.8, 4) is 11.5 Å². The van der Waals surface area contributed by atoms with Crippen molar-refractivity contribution in [1.29, 1.82) is 0 Å². The Kier molecular flexibility index (Phi) is 4.84. The number of hydrogen-bond acceptors (Lipinski definition) is 4. The molecule has 1 aliphatic rings. The third-order valence-electron chi connectivity index (χ3n) is 3.63. The Bertz CT molecular complexity index is 472. The van der Waals surface area contributed by atoms with Crippen molar-refractivity contribution in [3.63, 3.8) is 0 Å². The summed E-state index contributed by atoms with van der Waals surface area (Å²) < 4.78 is 10.5. The quantitative estimate of drug-likeness (QED) is 0.783. The van der Waals surface area contributed by atoms with Gasteiger partial charge in [-0.3, -0.25) is 4.79 Å². The fourth-order valence-electron chi connectivity index (χ4n) is 2.32. The van der Waals surface area contributed by atoms with Crippen molar-refractivity contribution < 1.29 is 14.3 Å². The molecule has 0 aromatic heterocycles. The number of carbonyl (C=O) groups is 1. The van der Waals surface area contributed by atoms with E-state index in [0.29, 0.717) is 24.0 Å². The molecule has 1 saturated carbocycles. The maximum atomic E-state index is 12.1. The van der Waals surface area contributed by atoms with Gasteiger partial charge in [0, 0.05) is 18.2 Å². The molecule has 1 atom stereocenters. The summed E-state index contributed by atoms with van der Waals surface area (Å²) in [6, 6.07) is 5.54. The summed E-state index contributed by atoms with van der Waals surface area (Å²) in [7, 11) is 3.19. The molecule has 0 heterocycles. The van der Waals surface area contributed by atoms with Gasteiger partial charge in [-0.15, -0.1) is 0 Å². The molecule has 20 heavy (non-hydrogen) atoms. The van der Waals surface area contributed by atoms with E-state index < -0.39 is 0 Å². The van der Waals surface area contributed by atoms with Gasteiger partial charge in [0.15, 0.2) is 0 Å². The summed E-state index contributed by atoms with van der Waals surface area (Å²) >= 11 is 0. The average molecular weight is 278 g/mol. The number of ether oxygens (including phenoxy) is 2. The predicted molar refractivity (Wildman–Crippen MR) is 77.0 cm³/mol. The van der Waals surface area contributed by atoms with Crippen LogP contribution in [-0.2, 0) is 11.2 Å². The lowest BCUT2D eigenvalue weighted by Crippen LogP contribution is -2.42. The van der Waals surface area contributed by atoms with Gasteiger partial charge in [0.1, 0.15) is 11.5 Å². The summed E-state index contributed by atoms with van der Waals surface area (Å²) in [5.41, 5.74) is 6.51. The molecule has 0 bridgehead atoms. The fraction of sp³-hybridized carbons (Fsp3) is 0.533. The molecule has 0 spiro atoms. The zero-order valence-corrected chi connectivity index (χ0v) is 12.0. The first-order valence-corrected chi connectivity index (χ1v) is 6.88. The van der Waals surface area contributed by atoms with Crippen LogP contribution in [0.4, 0.5) is 0 Å². The van der Waals surface area contributed by atoms with Gasteiger partial charge in [-0.25, -0.2) is 0 Å². The van der Waals surface area contributed by atoms with Crippen molar-refractivity contribution in [1.82, 2.24) is 5.32 Å². The largest absolute Gasteiger partial charge is 0.497 e. The number of nitrogens with one attached hydrogen (secondary N) is 1. The van der Waals surface area contributed by atoms with Crippen molar-refractivity contribution in [3.05, 3.63) is 23.8 Å². The van der Waals surface area contributed by atoms with Crippen LogP contribution in [0.25, 0.3) is 0 Å². The van der Waals surface area contributed by atoms with Gasteiger partial charge in [0.05, 0.1) is 20.6 Å². The minimum absolute atomic E-state index is 0.0288. The van der Waals surface area contributed by atoms with Gasteiger partial charge in [-0.05, 0) is 37.0 Å². The Balaban J connectivity index is 2.02. The van der Waals surface area contributed by atoms with E-state index in [4.69, 9.17) is 15.2 Å². The highest BCUT2D eigenvalue weighted by Crippen LogP contribution is 2.32. The highest BCUT2D eigenvalue weighted by molar-refractivity contribution is 5.80. The average Bonchev–Trinajstić information content (AvgIpc) is 3.29. The lowest BCUT2D eigenvalue weighted by Gasteiger charge is -2.17. The number of methoxy groups -OCH3 is 2. The Labute approximate surface area is 119 Å². The molecule has 0 aliphatic heterocycles. The summed E-state index contributed by atoms with van der Waals surface area (Å²) in [5.74, 6) is 1.93. The Morgan fingerprint density at radius 3 is 2.70 bits per heavy atom. The van der Waals surface area contributed by atoms with Crippen LogP contribution < -0.4 is 20.5 Å². The van der Waals surface area contributed by atoms with Crippen molar-refractivity contribution in [2.24, 2.45) is 11.7 Å². The van der Waals surface area contributed by atoms with E-state index in [-0.39, 0.29) is 18.4 Å². The van der Waals surface area contributed by atoms with Crippen LogP contribution in [-0.4, -0.2) is 32.7 Å². The Morgan fingerprint density at radius 1 is 1.40 bits per heavy atom. The summed E-state index contributed by atoms with van der Waals surface area (Å²) in [4.78, 5) is 12.1. The van der Waals surface area contributed by atoms with Gasteiger partial charge in [0.25, 0.3) is 0 Å². The van der Waals surface area contributed by atoms with Crippen LogP contribution >= 0.6 is 0 Å². The van der Waals surface area contributed by atoms with Crippen molar-refractivity contribution in [2.75, 3.05) is 20.8 Å². The summed E-state index contributed by atoms with van der Waals surface area (Å²) in [6.45, 7) is 0.492. The van der Waals surface area contributed by atoms with Gasteiger partial charge in [-0.1, -0.05) is 0 Å². The minimum Gasteiger partial charge on any atom is -0.497 e.